The standard InChI is InChI=1S/C27H24BrN5O2S3/c1-17-5-3-4-6-22(17)35-14-24-31-32-26(33(24)2)36-16-25(34)29-20-11-12-21-23(13-20)38-27(30-21)37-15-18-7-9-19(28)10-8-18/h3-13H,14-16H2,1-2H3,(H,29,34). The van der Waals surface area contributed by atoms with Crippen molar-refractivity contribution in [2.24, 2.45) is 7.05 Å². The monoisotopic (exact) mass is 625 g/mol. The van der Waals surface area contributed by atoms with Crippen molar-refractivity contribution in [1.82, 2.24) is 19.7 Å². The zero-order valence-electron chi connectivity index (χ0n) is 20.7. The Morgan fingerprint density at radius 3 is 2.71 bits per heavy atom. The molecular formula is C27H24BrN5O2S3. The molecule has 0 fully saturated rings. The molecule has 1 amide bonds. The molecule has 0 saturated heterocycles. The van der Waals surface area contributed by atoms with Gasteiger partial charge in [0.1, 0.15) is 12.4 Å². The number of nitrogens with one attached hydrogen (secondary N) is 1. The third kappa shape index (κ3) is 6.76. The number of carbonyl (C=O) groups excluding carboxylic acids is 1. The number of rotatable bonds is 10. The van der Waals surface area contributed by atoms with Crippen LogP contribution in [0.3, 0.4) is 0 Å². The van der Waals surface area contributed by atoms with Crippen LogP contribution in [0.2, 0.25) is 0 Å². The van der Waals surface area contributed by atoms with Crippen molar-refractivity contribution < 1.29 is 9.53 Å². The molecule has 11 heteroatoms. The number of carbonyl (C=O) groups is 1. The number of fused-ring (bicyclic) bond motifs is 1. The Hall–Kier alpha value is -2.86. The molecular weight excluding hydrogens is 602 g/mol. The minimum Gasteiger partial charge on any atom is -0.485 e. The molecule has 0 unspecified atom stereocenters. The van der Waals surface area contributed by atoms with Crippen LogP contribution in [0.1, 0.15) is 17.0 Å². The number of halogens is 1. The summed E-state index contributed by atoms with van der Waals surface area (Å²) in [5.41, 5.74) is 3.99. The summed E-state index contributed by atoms with van der Waals surface area (Å²) in [5, 5.41) is 12.1. The number of aromatic nitrogens is 4. The van der Waals surface area contributed by atoms with Gasteiger partial charge in [0.15, 0.2) is 15.3 Å². The summed E-state index contributed by atoms with van der Waals surface area (Å²) in [6, 6.07) is 22.0. The highest BCUT2D eigenvalue weighted by Crippen LogP contribution is 2.33. The number of hydrogen-bond acceptors (Lipinski definition) is 8. The predicted octanol–water partition coefficient (Wildman–Crippen LogP) is 7.10. The number of anilines is 1. The van der Waals surface area contributed by atoms with Crippen LogP contribution in [0.25, 0.3) is 10.2 Å². The summed E-state index contributed by atoms with van der Waals surface area (Å²) in [7, 11) is 1.88. The van der Waals surface area contributed by atoms with E-state index in [9.17, 15) is 4.79 Å². The van der Waals surface area contributed by atoms with Crippen LogP contribution >= 0.6 is 50.8 Å². The fourth-order valence-electron chi connectivity index (χ4n) is 3.55. The molecule has 194 valence electrons. The van der Waals surface area contributed by atoms with Crippen LogP contribution in [0.4, 0.5) is 5.69 Å². The van der Waals surface area contributed by atoms with Gasteiger partial charge in [-0.3, -0.25) is 4.79 Å². The van der Waals surface area contributed by atoms with E-state index < -0.39 is 0 Å². The Morgan fingerprint density at radius 1 is 1.08 bits per heavy atom. The number of amides is 1. The lowest BCUT2D eigenvalue weighted by atomic mass is 10.2. The van der Waals surface area contributed by atoms with Crippen LogP contribution in [0.5, 0.6) is 5.75 Å². The molecule has 0 aliphatic carbocycles. The molecule has 38 heavy (non-hydrogen) atoms. The lowest BCUT2D eigenvalue weighted by Gasteiger charge is -2.08. The third-order valence-corrected chi connectivity index (χ3v) is 9.42. The molecule has 5 aromatic rings. The maximum Gasteiger partial charge on any atom is 0.234 e. The Morgan fingerprint density at radius 2 is 1.89 bits per heavy atom. The second-order valence-electron chi connectivity index (χ2n) is 8.43. The second-order valence-corrected chi connectivity index (χ2v) is 12.5. The van der Waals surface area contributed by atoms with E-state index in [1.807, 2.05) is 73.1 Å². The van der Waals surface area contributed by atoms with Crippen molar-refractivity contribution in [1.29, 1.82) is 0 Å². The summed E-state index contributed by atoms with van der Waals surface area (Å²) in [6.45, 7) is 2.31. The molecule has 0 atom stereocenters. The minimum atomic E-state index is -0.107. The van der Waals surface area contributed by atoms with Gasteiger partial charge in [-0.2, -0.15) is 0 Å². The third-order valence-electron chi connectivity index (χ3n) is 5.64. The van der Waals surface area contributed by atoms with E-state index in [4.69, 9.17) is 9.72 Å². The first-order valence-corrected chi connectivity index (χ1v) is 15.3. The van der Waals surface area contributed by atoms with Gasteiger partial charge in [0, 0.05) is 23.0 Å². The molecule has 7 nitrogen and oxygen atoms in total. The fourth-order valence-corrected chi connectivity index (χ4v) is 6.61. The molecule has 0 spiro atoms. The Kier molecular flexibility index (Phi) is 8.68. The highest BCUT2D eigenvalue weighted by Gasteiger charge is 2.13. The van der Waals surface area contributed by atoms with Gasteiger partial charge < -0.3 is 14.6 Å². The molecule has 2 heterocycles. The number of ether oxygens (including phenoxy) is 1. The second kappa shape index (κ2) is 12.3. The van der Waals surface area contributed by atoms with Crippen molar-refractivity contribution in [3.63, 3.8) is 0 Å². The largest absolute Gasteiger partial charge is 0.485 e. The van der Waals surface area contributed by atoms with Crippen molar-refractivity contribution in [2.75, 3.05) is 11.1 Å². The Labute approximate surface area is 241 Å². The van der Waals surface area contributed by atoms with Gasteiger partial charge in [0.25, 0.3) is 0 Å². The van der Waals surface area contributed by atoms with E-state index in [0.29, 0.717) is 17.6 Å². The number of nitrogens with zero attached hydrogens (tertiary/aromatic N) is 4. The number of para-hydroxylation sites is 1. The van der Waals surface area contributed by atoms with Crippen LogP contribution in [0.15, 0.2) is 80.7 Å². The first-order valence-electron chi connectivity index (χ1n) is 11.7. The van der Waals surface area contributed by atoms with Crippen LogP contribution in [-0.2, 0) is 24.2 Å². The highest BCUT2D eigenvalue weighted by molar-refractivity contribution is 9.10. The van der Waals surface area contributed by atoms with E-state index in [0.717, 1.165) is 41.8 Å². The van der Waals surface area contributed by atoms with Crippen molar-refractivity contribution in [3.05, 3.63) is 88.2 Å². The van der Waals surface area contributed by atoms with Crippen molar-refractivity contribution in [2.45, 2.75) is 28.8 Å². The quantitative estimate of drug-likeness (QED) is 0.166. The molecule has 0 bridgehead atoms. The van der Waals surface area contributed by atoms with E-state index in [1.165, 1.54) is 17.3 Å². The molecule has 0 aliphatic heterocycles. The fraction of sp³-hybridized carbons (Fsp3) is 0.185. The molecule has 0 saturated carbocycles. The van der Waals surface area contributed by atoms with Crippen LogP contribution in [0, 0.1) is 6.92 Å². The number of benzene rings is 3. The average Bonchev–Trinajstić information content (AvgIpc) is 3.49. The maximum absolute atomic E-state index is 12.6. The smallest absolute Gasteiger partial charge is 0.234 e. The van der Waals surface area contributed by atoms with Crippen LogP contribution in [-0.4, -0.2) is 31.4 Å². The highest BCUT2D eigenvalue weighted by atomic mass is 79.9. The van der Waals surface area contributed by atoms with Crippen LogP contribution < -0.4 is 10.1 Å². The normalized spacial score (nSPS) is 11.1. The molecule has 3 aromatic carbocycles. The lowest BCUT2D eigenvalue weighted by molar-refractivity contribution is -0.113. The molecule has 0 radical (unpaired) electrons. The first kappa shape index (κ1) is 26.7. The summed E-state index contributed by atoms with van der Waals surface area (Å²) in [6.07, 6.45) is 0. The molecule has 2 aromatic heterocycles. The average molecular weight is 627 g/mol. The van der Waals surface area contributed by atoms with E-state index in [2.05, 4.69) is 43.6 Å². The van der Waals surface area contributed by atoms with E-state index in [1.54, 1.807) is 23.1 Å². The molecule has 1 N–H and O–H groups in total. The van der Waals surface area contributed by atoms with Gasteiger partial charge in [-0.15, -0.1) is 21.5 Å². The SMILES string of the molecule is Cc1ccccc1OCc1nnc(SCC(=O)Nc2ccc3nc(SCc4ccc(Br)cc4)sc3c2)n1C. The zero-order valence-corrected chi connectivity index (χ0v) is 24.7. The summed E-state index contributed by atoms with van der Waals surface area (Å²) in [4.78, 5) is 17.4. The number of thioether (sulfide) groups is 2. The van der Waals surface area contributed by atoms with Gasteiger partial charge in [-0.25, -0.2) is 4.98 Å². The van der Waals surface area contributed by atoms with E-state index >= 15 is 0 Å². The summed E-state index contributed by atoms with van der Waals surface area (Å²) in [5.74, 6) is 2.48. The van der Waals surface area contributed by atoms with Gasteiger partial charge in [-0.05, 0) is 54.4 Å². The topological polar surface area (TPSA) is 81.9 Å². The van der Waals surface area contributed by atoms with Crippen molar-refractivity contribution in [3.8, 4) is 5.75 Å². The summed E-state index contributed by atoms with van der Waals surface area (Å²) >= 11 is 8.15. The number of aryl methyl sites for hydroxylation is 1. The Balaban J connectivity index is 1.13. The lowest BCUT2D eigenvalue weighted by Crippen LogP contribution is -2.14. The molecule has 5 rings (SSSR count). The minimum absolute atomic E-state index is 0.107. The first-order chi connectivity index (χ1) is 18.4. The predicted molar refractivity (Wildman–Crippen MR) is 159 cm³/mol. The van der Waals surface area contributed by atoms with Crippen molar-refractivity contribution >= 4 is 72.6 Å². The number of thiazole rings is 1. The Bertz CT molecular complexity index is 1570. The van der Waals surface area contributed by atoms with Gasteiger partial charge in [-0.1, -0.05) is 69.8 Å². The van der Waals surface area contributed by atoms with Gasteiger partial charge >= 0.3 is 0 Å². The molecule has 0 aliphatic rings. The maximum atomic E-state index is 12.6. The van der Waals surface area contributed by atoms with Gasteiger partial charge in [0.05, 0.1) is 16.0 Å². The zero-order chi connectivity index (χ0) is 26.5. The van der Waals surface area contributed by atoms with Gasteiger partial charge in [0.2, 0.25) is 5.91 Å². The number of hydrogen-bond donors (Lipinski definition) is 1. The summed E-state index contributed by atoms with van der Waals surface area (Å²) < 4.78 is 10.9. The van der Waals surface area contributed by atoms with E-state index in [-0.39, 0.29) is 11.7 Å².